The summed E-state index contributed by atoms with van der Waals surface area (Å²) in [7, 11) is 0. The van der Waals surface area contributed by atoms with Crippen LogP contribution in [0.15, 0.2) is 12.7 Å². The van der Waals surface area contributed by atoms with Crippen molar-refractivity contribution in [2.75, 3.05) is 26.2 Å². The molecular weight excluding hydrogens is 303 g/mol. The topological polar surface area (TPSA) is 15.3 Å². The highest BCUT2D eigenvalue weighted by atomic mass is 19.2. The normalized spacial score (nSPS) is 17.5. The van der Waals surface area contributed by atoms with Gasteiger partial charge in [-0.25, -0.2) is 22.0 Å². The van der Waals surface area contributed by atoms with Crippen LogP contribution in [-0.2, 0) is 0 Å². The molecule has 1 aromatic carbocycles. The third kappa shape index (κ3) is 3.15. The van der Waals surface area contributed by atoms with E-state index in [9.17, 15) is 22.0 Å². The lowest BCUT2D eigenvalue weighted by Gasteiger charge is -2.35. The van der Waals surface area contributed by atoms with E-state index in [1.807, 2.05) is 0 Å². The number of halogens is 5. The quantitative estimate of drug-likeness (QED) is 0.388. The van der Waals surface area contributed by atoms with Crippen molar-refractivity contribution in [1.29, 1.82) is 0 Å². The first-order valence-electron chi connectivity index (χ1n) is 7.06. The van der Waals surface area contributed by atoms with Crippen LogP contribution in [0.4, 0.5) is 22.0 Å². The minimum absolute atomic E-state index is 0.238. The molecule has 0 aromatic heterocycles. The molecule has 1 aliphatic heterocycles. The van der Waals surface area contributed by atoms with Crippen molar-refractivity contribution in [2.24, 2.45) is 0 Å². The zero-order valence-corrected chi connectivity index (χ0v) is 11.9. The van der Waals surface area contributed by atoms with E-state index < -0.39 is 40.7 Å². The maximum atomic E-state index is 14.0. The highest BCUT2D eigenvalue weighted by Gasteiger charge is 2.33. The Hall–Kier alpha value is -1.47. The van der Waals surface area contributed by atoms with E-state index >= 15 is 0 Å². The van der Waals surface area contributed by atoms with Crippen molar-refractivity contribution in [3.05, 3.63) is 47.3 Å². The second kappa shape index (κ2) is 7.19. The molecule has 2 rings (SSSR count). The lowest BCUT2D eigenvalue weighted by Crippen LogP contribution is -2.45. The van der Waals surface area contributed by atoms with Crippen LogP contribution in [0.5, 0.6) is 0 Å². The molecule has 1 N–H and O–H groups in total. The van der Waals surface area contributed by atoms with Gasteiger partial charge in [0.25, 0.3) is 0 Å². The third-order valence-corrected chi connectivity index (χ3v) is 3.81. The fourth-order valence-electron chi connectivity index (χ4n) is 2.69. The molecule has 1 heterocycles. The van der Waals surface area contributed by atoms with Crippen molar-refractivity contribution in [2.45, 2.75) is 18.9 Å². The Bertz CT molecular complexity index is 526. The van der Waals surface area contributed by atoms with Gasteiger partial charge in [0.15, 0.2) is 23.3 Å². The molecular formula is C15H17F5N2. The van der Waals surface area contributed by atoms with Crippen LogP contribution in [0.1, 0.15) is 24.4 Å². The molecule has 122 valence electrons. The largest absolute Gasteiger partial charge is 0.314 e. The Morgan fingerprint density at radius 2 is 1.45 bits per heavy atom. The Balaban J connectivity index is 2.48. The zero-order valence-electron chi connectivity index (χ0n) is 11.9. The van der Waals surface area contributed by atoms with Gasteiger partial charge in [-0.2, -0.15) is 0 Å². The number of benzene rings is 1. The van der Waals surface area contributed by atoms with Crippen LogP contribution in [0, 0.1) is 29.1 Å². The van der Waals surface area contributed by atoms with Gasteiger partial charge in [0.2, 0.25) is 5.82 Å². The Labute approximate surface area is 125 Å². The molecule has 0 bridgehead atoms. The molecule has 1 aromatic rings. The molecule has 0 radical (unpaired) electrons. The summed E-state index contributed by atoms with van der Waals surface area (Å²) < 4.78 is 68.2. The van der Waals surface area contributed by atoms with Crippen LogP contribution in [-0.4, -0.2) is 31.1 Å². The molecule has 1 fully saturated rings. The first-order valence-corrected chi connectivity index (χ1v) is 7.06. The molecule has 0 aliphatic carbocycles. The van der Waals surface area contributed by atoms with Gasteiger partial charge in [-0.15, -0.1) is 6.58 Å². The summed E-state index contributed by atoms with van der Waals surface area (Å²) in [6, 6.07) is -0.871. The summed E-state index contributed by atoms with van der Waals surface area (Å²) in [4.78, 5) is 1.73. The van der Waals surface area contributed by atoms with Gasteiger partial charge in [0.05, 0.1) is 0 Å². The van der Waals surface area contributed by atoms with Gasteiger partial charge in [-0.3, -0.25) is 4.90 Å². The lowest BCUT2D eigenvalue weighted by atomic mass is 9.97. The number of nitrogens with zero attached hydrogens (tertiary/aromatic N) is 1. The van der Waals surface area contributed by atoms with Crippen molar-refractivity contribution in [3.63, 3.8) is 0 Å². The van der Waals surface area contributed by atoms with E-state index in [1.54, 1.807) is 11.0 Å². The Morgan fingerprint density at radius 3 is 1.95 bits per heavy atom. The molecule has 0 amide bonds. The van der Waals surface area contributed by atoms with E-state index in [0.29, 0.717) is 32.6 Å². The number of hydrogen-bond acceptors (Lipinski definition) is 2. The monoisotopic (exact) mass is 320 g/mol. The maximum absolute atomic E-state index is 14.0. The molecule has 1 atom stereocenters. The second-order valence-corrected chi connectivity index (χ2v) is 5.15. The van der Waals surface area contributed by atoms with Crippen LogP contribution >= 0.6 is 0 Å². The minimum atomic E-state index is -2.12. The van der Waals surface area contributed by atoms with Gasteiger partial charge >= 0.3 is 0 Å². The van der Waals surface area contributed by atoms with Crippen LogP contribution in [0.3, 0.4) is 0 Å². The van der Waals surface area contributed by atoms with Crippen molar-refractivity contribution >= 4 is 0 Å². The first-order chi connectivity index (χ1) is 10.5. The van der Waals surface area contributed by atoms with Crippen LogP contribution < -0.4 is 5.32 Å². The summed E-state index contributed by atoms with van der Waals surface area (Å²) in [5.41, 5.74) is -0.750. The minimum Gasteiger partial charge on any atom is -0.314 e. The Morgan fingerprint density at radius 1 is 0.955 bits per heavy atom. The van der Waals surface area contributed by atoms with Crippen molar-refractivity contribution < 1.29 is 22.0 Å². The SMILES string of the molecule is C=CCC[C@@H](c1c(F)c(F)c(F)c(F)c1F)N1CCNCC1. The molecule has 7 heteroatoms. The zero-order chi connectivity index (χ0) is 16.3. The number of nitrogens with one attached hydrogen (secondary N) is 1. The number of rotatable bonds is 5. The highest BCUT2D eigenvalue weighted by Crippen LogP contribution is 2.34. The molecule has 0 saturated carbocycles. The van der Waals surface area contributed by atoms with Crippen LogP contribution in [0.25, 0.3) is 0 Å². The van der Waals surface area contributed by atoms with Crippen molar-refractivity contribution in [1.82, 2.24) is 10.2 Å². The molecule has 1 saturated heterocycles. The average Bonchev–Trinajstić information content (AvgIpc) is 2.55. The third-order valence-electron chi connectivity index (χ3n) is 3.81. The van der Waals surface area contributed by atoms with E-state index in [1.165, 1.54) is 0 Å². The summed E-state index contributed by atoms with van der Waals surface area (Å²) in [6.45, 7) is 5.68. The van der Waals surface area contributed by atoms with Crippen molar-refractivity contribution in [3.8, 4) is 0 Å². The van der Waals surface area contributed by atoms with E-state index in [2.05, 4.69) is 11.9 Å². The summed E-state index contributed by atoms with van der Waals surface area (Å²) in [6.07, 6.45) is 2.21. The average molecular weight is 320 g/mol. The predicted molar refractivity (Wildman–Crippen MR) is 72.8 cm³/mol. The maximum Gasteiger partial charge on any atom is 0.200 e. The standard InChI is InChI=1S/C15H17F5N2/c1-2-3-4-9(22-7-5-21-6-8-22)10-11(16)13(18)15(20)14(19)12(10)17/h2,9,21H,1,3-8H2/t9-/m0/s1. The van der Waals surface area contributed by atoms with E-state index in [4.69, 9.17) is 0 Å². The number of piperazine rings is 1. The molecule has 22 heavy (non-hydrogen) atoms. The molecule has 2 nitrogen and oxygen atoms in total. The first kappa shape index (κ1) is 16.9. The fourth-order valence-corrected chi connectivity index (χ4v) is 2.69. The van der Waals surface area contributed by atoms with Gasteiger partial charge in [-0.1, -0.05) is 6.08 Å². The number of hydrogen-bond donors (Lipinski definition) is 1. The predicted octanol–water partition coefficient (Wildman–Crippen LogP) is 3.29. The number of allylic oxidation sites excluding steroid dienone is 1. The smallest absolute Gasteiger partial charge is 0.200 e. The fraction of sp³-hybridized carbons (Fsp3) is 0.467. The molecule has 0 spiro atoms. The molecule has 0 unspecified atom stereocenters. The summed E-state index contributed by atoms with van der Waals surface area (Å²) >= 11 is 0. The van der Waals surface area contributed by atoms with Gasteiger partial charge in [0.1, 0.15) is 0 Å². The van der Waals surface area contributed by atoms with E-state index in [-0.39, 0.29) is 6.42 Å². The summed E-state index contributed by atoms with van der Waals surface area (Å²) in [5, 5.41) is 3.08. The Kier molecular flexibility index (Phi) is 5.52. The lowest BCUT2D eigenvalue weighted by molar-refractivity contribution is 0.156. The van der Waals surface area contributed by atoms with Gasteiger partial charge < -0.3 is 5.32 Å². The molecule has 1 aliphatic rings. The van der Waals surface area contributed by atoms with Gasteiger partial charge in [0, 0.05) is 37.8 Å². The highest BCUT2D eigenvalue weighted by molar-refractivity contribution is 5.27. The van der Waals surface area contributed by atoms with Gasteiger partial charge in [-0.05, 0) is 12.8 Å². The summed E-state index contributed by atoms with van der Waals surface area (Å²) in [5.74, 6) is -9.41. The van der Waals surface area contributed by atoms with E-state index in [0.717, 1.165) is 0 Å². The second-order valence-electron chi connectivity index (χ2n) is 5.15. The van der Waals surface area contributed by atoms with Crippen LogP contribution in [0.2, 0.25) is 0 Å².